The van der Waals surface area contributed by atoms with Gasteiger partial charge >= 0.3 is 6.18 Å². The number of nitrogens with two attached hydrogens (primary N) is 1. The molecule has 0 unspecified atom stereocenters. The van der Waals surface area contributed by atoms with Gasteiger partial charge in [-0.1, -0.05) is 12.1 Å². The van der Waals surface area contributed by atoms with Crippen LogP contribution < -0.4 is 11.1 Å². The van der Waals surface area contributed by atoms with Gasteiger partial charge in [-0.05, 0) is 30.3 Å². The van der Waals surface area contributed by atoms with Crippen molar-refractivity contribution in [1.29, 1.82) is 0 Å². The maximum absolute atomic E-state index is 13.6. The van der Waals surface area contributed by atoms with E-state index in [4.69, 9.17) is 5.73 Å². The summed E-state index contributed by atoms with van der Waals surface area (Å²) in [6.45, 7) is 0. The predicted molar refractivity (Wildman–Crippen MR) is 69.6 cm³/mol. The number of alkyl halides is 3. The number of nitrogens with one attached hydrogen (secondary N) is 1. The van der Waals surface area contributed by atoms with Gasteiger partial charge in [0.2, 0.25) is 0 Å². The third-order valence-corrected chi connectivity index (χ3v) is 2.75. The van der Waals surface area contributed by atoms with Crippen molar-refractivity contribution in [3.05, 3.63) is 59.4 Å². The van der Waals surface area contributed by atoms with Crippen molar-refractivity contribution in [3.8, 4) is 0 Å². The molecule has 2 aromatic carbocycles. The van der Waals surface area contributed by atoms with E-state index >= 15 is 0 Å². The molecule has 0 atom stereocenters. The fourth-order valence-electron chi connectivity index (χ4n) is 1.79. The molecule has 1 amide bonds. The Balaban J connectivity index is 2.35. The van der Waals surface area contributed by atoms with Gasteiger partial charge in [0.15, 0.2) is 0 Å². The minimum absolute atomic E-state index is 0.0780. The van der Waals surface area contributed by atoms with Gasteiger partial charge in [-0.25, -0.2) is 4.39 Å². The summed E-state index contributed by atoms with van der Waals surface area (Å²) in [5.41, 5.74) is 3.62. The molecule has 7 heteroatoms. The predicted octanol–water partition coefficient (Wildman–Crippen LogP) is 3.69. The number of rotatable bonds is 3. The first kappa shape index (κ1) is 14.8. The first-order valence-corrected chi connectivity index (χ1v) is 5.81. The summed E-state index contributed by atoms with van der Waals surface area (Å²) in [6, 6.07) is 8.11. The van der Waals surface area contributed by atoms with Crippen LogP contribution in [-0.2, 0) is 6.18 Å². The Bertz CT molecular complexity index is 683. The Morgan fingerprint density at radius 2 is 1.76 bits per heavy atom. The van der Waals surface area contributed by atoms with Crippen molar-refractivity contribution in [2.24, 2.45) is 5.73 Å². The summed E-state index contributed by atoms with van der Waals surface area (Å²) >= 11 is 0. The minimum Gasteiger partial charge on any atom is -0.366 e. The Morgan fingerprint density at radius 1 is 1.10 bits per heavy atom. The highest BCUT2D eigenvalue weighted by Crippen LogP contribution is 2.35. The van der Waals surface area contributed by atoms with Crippen LogP contribution in [0.2, 0.25) is 0 Å². The number of benzene rings is 2. The van der Waals surface area contributed by atoms with Gasteiger partial charge in [-0.15, -0.1) is 0 Å². The number of hydrogen-bond donors (Lipinski definition) is 2. The first-order chi connectivity index (χ1) is 9.79. The molecule has 0 saturated heterocycles. The quantitative estimate of drug-likeness (QED) is 0.849. The van der Waals surface area contributed by atoms with Gasteiger partial charge in [0.1, 0.15) is 5.82 Å². The number of anilines is 2. The van der Waals surface area contributed by atoms with E-state index < -0.39 is 23.5 Å². The van der Waals surface area contributed by atoms with Crippen LogP contribution in [0.3, 0.4) is 0 Å². The number of para-hydroxylation sites is 1. The van der Waals surface area contributed by atoms with Crippen LogP contribution in [0.25, 0.3) is 0 Å². The van der Waals surface area contributed by atoms with E-state index in [2.05, 4.69) is 5.32 Å². The average Bonchev–Trinajstić information content (AvgIpc) is 2.37. The zero-order chi connectivity index (χ0) is 15.6. The fraction of sp³-hybridized carbons (Fsp3) is 0.0714. The van der Waals surface area contributed by atoms with Crippen LogP contribution in [0.1, 0.15) is 15.9 Å². The molecule has 0 aromatic heterocycles. The van der Waals surface area contributed by atoms with E-state index in [1.165, 1.54) is 24.3 Å². The van der Waals surface area contributed by atoms with Gasteiger partial charge in [0.25, 0.3) is 5.91 Å². The van der Waals surface area contributed by atoms with Gasteiger partial charge in [-0.3, -0.25) is 4.79 Å². The van der Waals surface area contributed by atoms with E-state index in [1.807, 2.05) is 0 Å². The molecule has 0 bridgehead atoms. The normalized spacial score (nSPS) is 11.2. The third kappa shape index (κ3) is 3.31. The second kappa shape index (κ2) is 5.43. The first-order valence-electron chi connectivity index (χ1n) is 5.81. The Kier molecular flexibility index (Phi) is 3.84. The number of primary amides is 1. The topological polar surface area (TPSA) is 55.1 Å². The molecule has 2 rings (SSSR count). The molecule has 3 nitrogen and oxygen atoms in total. The van der Waals surface area contributed by atoms with Crippen molar-refractivity contribution in [3.63, 3.8) is 0 Å². The monoisotopic (exact) mass is 298 g/mol. The summed E-state index contributed by atoms with van der Waals surface area (Å²) in [6.07, 6.45) is -4.53. The third-order valence-electron chi connectivity index (χ3n) is 2.75. The lowest BCUT2D eigenvalue weighted by Crippen LogP contribution is -2.13. The van der Waals surface area contributed by atoms with Crippen LogP contribution >= 0.6 is 0 Å². The molecular weight excluding hydrogens is 288 g/mol. The summed E-state index contributed by atoms with van der Waals surface area (Å²) in [7, 11) is 0. The lowest BCUT2D eigenvalue weighted by molar-refractivity contribution is -0.136. The summed E-state index contributed by atoms with van der Waals surface area (Å²) in [5, 5.41) is 2.47. The average molecular weight is 298 g/mol. The Morgan fingerprint density at radius 3 is 2.33 bits per heavy atom. The molecule has 0 aliphatic rings. The molecule has 110 valence electrons. The fourth-order valence-corrected chi connectivity index (χ4v) is 1.79. The molecule has 0 fully saturated rings. The zero-order valence-corrected chi connectivity index (χ0v) is 10.5. The van der Waals surface area contributed by atoms with Crippen LogP contribution in [0.5, 0.6) is 0 Å². The van der Waals surface area contributed by atoms with Crippen molar-refractivity contribution >= 4 is 17.3 Å². The van der Waals surface area contributed by atoms with Gasteiger partial charge in [0.05, 0.1) is 16.8 Å². The van der Waals surface area contributed by atoms with Crippen molar-refractivity contribution < 1.29 is 22.4 Å². The number of halogens is 4. The van der Waals surface area contributed by atoms with Gasteiger partial charge in [0, 0.05) is 5.69 Å². The minimum atomic E-state index is -4.53. The molecule has 2 aromatic rings. The smallest absolute Gasteiger partial charge is 0.366 e. The molecule has 3 N–H and O–H groups in total. The van der Waals surface area contributed by atoms with Crippen LogP contribution in [0.15, 0.2) is 42.5 Å². The van der Waals surface area contributed by atoms with Crippen LogP contribution in [-0.4, -0.2) is 5.91 Å². The number of carbonyl (C=O) groups excluding carboxylic acids is 1. The molecule has 0 heterocycles. The van der Waals surface area contributed by atoms with Crippen molar-refractivity contribution in [2.45, 2.75) is 6.18 Å². The summed E-state index contributed by atoms with van der Waals surface area (Å²) < 4.78 is 52.1. The highest BCUT2D eigenvalue weighted by Gasteiger charge is 2.33. The molecule has 21 heavy (non-hydrogen) atoms. The number of amides is 1. The zero-order valence-electron chi connectivity index (χ0n) is 10.5. The van der Waals surface area contributed by atoms with Crippen LogP contribution in [0, 0.1) is 5.82 Å². The van der Waals surface area contributed by atoms with E-state index in [1.54, 1.807) is 0 Å². The number of carbonyl (C=O) groups is 1. The van der Waals surface area contributed by atoms with E-state index in [9.17, 15) is 22.4 Å². The summed E-state index contributed by atoms with van der Waals surface area (Å²) in [5.74, 6) is -1.85. The molecule has 0 aliphatic heterocycles. The largest absolute Gasteiger partial charge is 0.418 e. The van der Waals surface area contributed by atoms with Gasteiger partial charge < -0.3 is 11.1 Å². The lowest BCUT2D eigenvalue weighted by Gasteiger charge is -2.14. The van der Waals surface area contributed by atoms with E-state index in [-0.39, 0.29) is 16.9 Å². The Labute approximate surface area is 117 Å². The van der Waals surface area contributed by atoms with Crippen LogP contribution in [0.4, 0.5) is 28.9 Å². The second-order valence-electron chi connectivity index (χ2n) is 4.23. The highest BCUT2D eigenvalue weighted by atomic mass is 19.4. The Hall–Kier alpha value is -2.57. The van der Waals surface area contributed by atoms with Crippen molar-refractivity contribution in [1.82, 2.24) is 0 Å². The lowest BCUT2D eigenvalue weighted by atomic mass is 10.1. The van der Waals surface area contributed by atoms with Gasteiger partial charge in [-0.2, -0.15) is 13.2 Å². The van der Waals surface area contributed by atoms with Crippen molar-refractivity contribution in [2.75, 3.05) is 5.32 Å². The molecule has 0 spiro atoms. The number of hydrogen-bond acceptors (Lipinski definition) is 2. The maximum atomic E-state index is 13.6. The maximum Gasteiger partial charge on any atom is 0.418 e. The molecular formula is C14H10F4N2O. The standard InChI is InChI=1S/C14H10F4N2O/c15-11-7-8(5-6-9(11)13(19)21)20-12-4-2-1-3-10(12)14(16,17)18/h1-7,20H,(H2,19,21). The second-order valence-corrected chi connectivity index (χ2v) is 4.23. The highest BCUT2D eigenvalue weighted by molar-refractivity contribution is 5.93. The molecule has 0 saturated carbocycles. The van der Waals surface area contributed by atoms with E-state index in [0.717, 1.165) is 18.2 Å². The van der Waals surface area contributed by atoms with E-state index in [0.29, 0.717) is 0 Å². The molecule has 0 radical (unpaired) electrons. The molecule has 0 aliphatic carbocycles. The summed E-state index contributed by atoms with van der Waals surface area (Å²) in [4.78, 5) is 10.9. The SMILES string of the molecule is NC(=O)c1ccc(Nc2ccccc2C(F)(F)F)cc1F.